The van der Waals surface area contributed by atoms with Gasteiger partial charge in [-0.2, -0.15) is 0 Å². The fourth-order valence-corrected chi connectivity index (χ4v) is 2.86. The van der Waals surface area contributed by atoms with Crippen molar-refractivity contribution in [1.82, 2.24) is 15.1 Å². The summed E-state index contributed by atoms with van der Waals surface area (Å²) in [5, 5.41) is 2.76. The molecule has 1 N–H and O–H groups in total. The first-order chi connectivity index (χ1) is 10.5. The molecule has 0 bridgehead atoms. The van der Waals surface area contributed by atoms with E-state index in [1.807, 2.05) is 0 Å². The van der Waals surface area contributed by atoms with Crippen LogP contribution in [0.15, 0.2) is 48.2 Å². The highest BCUT2D eigenvalue weighted by Gasteiger charge is 2.42. The smallest absolute Gasteiger partial charge is 0.322 e. The fraction of sp³-hybridized carbons (Fsp3) is 0.250. The van der Waals surface area contributed by atoms with Crippen molar-refractivity contribution in [3.63, 3.8) is 0 Å². The van der Waals surface area contributed by atoms with Crippen molar-refractivity contribution >= 4 is 11.9 Å². The molecular weight excluding hydrogens is 285 g/mol. The first-order valence-electron chi connectivity index (χ1n) is 6.96. The molecule has 1 aromatic rings. The molecule has 5 nitrogen and oxygen atoms in total. The average Bonchev–Trinajstić information content (AvgIpc) is 2.81. The number of urea groups is 1. The van der Waals surface area contributed by atoms with Crippen LogP contribution in [0.5, 0.6) is 0 Å². The first kappa shape index (κ1) is 14.3. The van der Waals surface area contributed by atoms with E-state index in [1.54, 1.807) is 30.2 Å². The third-order valence-electron chi connectivity index (χ3n) is 3.97. The van der Waals surface area contributed by atoms with Crippen LogP contribution in [0.3, 0.4) is 0 Å². The van der Waals surface area contributed by atoms with Gasteiger partial charge in [0.1, 0.15) is 5.82 Å². The molecule has 0 aromatic heterocycles. The van der Waals surface area contributed by atoms with Gasteiger partial charge in [0, 0.05) is 13.6 Å². The molecule has 2 heterocycles. The van der Waals surface area contributed by atoms with Crippen LogP contribution in [0.25, 0.3) is 0 Å². The van der Waals surface area contributed by atoms with Crippen molar-refractivity contribution in [3.8, 4) is 0 Å². The van der Waals surface area contributed by atoms with Gasteiger partial charge in [0.05, 0.1) is 23.9 Å². The van der Waals surface area contributed by atoms with Gasteiger partial charge in [0.15, 0.2) is 0 Å². The normalized spacial score (nSPS) is 21.1. The van der Waals surface area contributed by atoms with Gasteiger partial charge in [0.2, 0.25) is 0 Å². The van der Waals surface area contributed by atoms with E-state index in [2.05, 4.69) is 11.9 Å². The summed E-state index contributed by atoms with van der Waals surface area (Å²) in [4.78, 5) is 27.8. The Bertz CT molecular complexity index is 698. The van der Waals surface area contributed by atoms with E-state index in [9.17, 15) is 14.0 Å². The van der Waals surface area contributed by atoms with Crippen molar-refractivity contribution in [1.29, 1.82) is 0 Å². The summed E-state index contributed by atoms with van der Waals surface area (Å²) in [5.74, 6) is -0.558. The minimum absolute atomic E-state index is 0.156. The van der Waals surface area contributed by atoms with Crippen molar-refractivity contribution in [2.75, 3.05) is 20.1 Å². The summed E-state index contributed by atoms with van der Waals surface area (Å²) < 4.78 is 13.5. The molecule has 0 saturated heterocycles. The molecule has 2 aliphatic rings. The Labute approximate surface area is 127 Å². The van der Waals surface area contributed by atoms with Crippen LogP contribution in [-0.4, -0.2) is 41.9 Å². The van der Waals surface area contributed by atoms with Crippen LogP contribution in [-0.2, 0) is 4.79 Å². The van der Waals surface area contributed by atoms with E-state index in [1.165, 1.54) is 17.0 Å². The Morgan fingerprint density at radius 2 is 2.23 bits per heavy atom. The summed E-state index contributed by atoms with van der Waals surface area (Å²) in [6.07, 6.45) is 1.64. The van der Waals surface area contributed by atoms with Gasteiger partial charge in [-0.05, 0) is 17.7 Å². The minimum atomic E-state index is -0.628. The SMILES string of the molecule is C=CCN1CC2=C(C1=O)[C@H](c1cccc(F)c1)NC(=O)N2C. The number of carbonyl (C=O) groups excluding carboxylic acids is 2. The molecule has 1 atom stereocenters. The summed E-state index contributed by atoms with van der Waals surface area (Å²) in [5.41, 5.74) is 1.71. The van der Waals surface area contributed by atoms with Gasteiger partial charge in [-0.3, -0.25) is 9.69 Å². The van der Waals surface area contributed by atoms with Crippen molar-refractivity contribution < 1.29 is 14.0 Å². The maximum atomic E-state index is 13.5. The molecule has 0 aliphatic carbocycles. The van der Waals surface area contributed by atoms with Crippen molar-refractivity contribution in [3.05, 3.63) is 59.6 Å². The number of halogens is 1. The monoisotopic (exact) mass is 301 g/mol. The van der Waals surface area contributed by atoms with Gasteiger partial charge in [-0.1, -0.05) is 18.2 Å². The lowest BCUT2D eigenvalue weighted by Gasteiger charge is -2.31. The number of carbonyl (C=O) groups is 2. The van der Waals surface area contributed by atoms with Crippen LogP contribution in [0.1, 0.15) is 11.6 Å². The van der Waals surface area contributed by atoms with Crippen molar-refractivity contribution in [2.24, 2.45) is 0 Å². The predicted molar refractivity (Wildman–Crippen MR) is 79.2 cm³/mol. The number of hydrogen-bond donors (Lipinski definition) is 1. The predicted octanol–water partition coefficient (Wildman–Crippen LogP) is 1.80. The average molecular weight is 301 g/mol. The lowest BCUT2D eigenvalue weighted by molar-refractivity contribution is -0.125. The Morgan fingerprint density at radius 3 is 2.91 bits per heavy atom. The second-order valence-electron chi connectivity index (χ2n) is 5.33. The summed E-state index contributed by atoms with van der Waals surface area (Å²) in [6, 6.07) is 5.00. The molecule has 0 radical (unpaired) electrons. The van der Waals surface area contributed by atoms with Crippen LogP contribution < -0.4 is 5.32 Å². The molecule has 0 saturated carbocycles. The molecule has 22 heavy (non-hydrogen) atoms. The molecule has 0 unspecified atom stereocenters. The van der Waals surface area contributed by atoms with Gasteiger partial charge in [0.25, 0.3) is 5.91 Å². The van der Waals surface area contributed by atoms with Gasteiger partial charge in [-0.25, -0.2) is 9.18 Å². The highest BCUT2D eigenvalue weighted by Crippen LogP contribution is 2.35. The summed E-state index contributed by atoms with van der Waals surface area (Å²) in [6.45, 7) is 4.40. The Morgan fingerprint density at radius 1 is 1.45 bits per heavy atom. The van der Waals surface area contributed by atoms with E-state index in [0.717, 1.165) is 0 Å². The van der Waals surface area contributed by atoms with Crippen LogP contribution >= 0.6 is 0 Å². The highest BCUT2D eigenvalue weighted by molar-refractivity contribution is 6.01. The molecule has 3 amide bonds. The van der Waals surface area contributed by atoms with E-state index >= 15 is 0 Å². The molecular formula is C16H16FN3O2. The lowest BCUT2D eigenvalue weighted by Crippen LogP contribution is -2.45. The van der Waals surface area contributed by atoms with Crippen LogP contribution in [0.2, 0.25) is 0 Å². The molecule has 0 spiro atoms. The van der Waals surface area contributed by atoms with Crippen LogP contribution in [0.4, 0.5) is 9.18 Å². The number of hydrogen-bond acceptors (Lipinski definition) is 2. The lowest BCUT2D eigenvalue weighted by atomic mass is 9.96. The topological polar surface area (TPSA) is 52.7 Å². The first-order valence-corrected chi connectivity index (χ1v) is 6.96. The van der Waals surface area contributed by atoms with E-state index in [4.69, 9.17) is 0 Å². The standard InChI is InChI=1S/C16H16FN3O2/c1-3-7-20-9-12-13(15(20)21)14(18-16(22)19(12)2)10-5-4-6-11(17)8-10/h3-6,8,14H,1,7,9H2,2H3,(H,18,22)/t14-/m0/s1. The van der Waals surface area contributed by atoms with Crippen LogP contribution in [0, 0.1) is 5.82 Å². The maximum Gasteiger partial charge on any atom is 0.322 e. The third kappa shape index (κ3) is 2.16. The Hall–Kier alpha value is -2.63. The number of likely N-dealkylation sites (N-methyl/N-ethyl adjacent to an activating group) is 1. The number of nitrogens with one attached hydrogen (secondary N) is 1. The number of nitrogens with zero attached hydrogens (tertiary/aromatic N) is 2. The zero-order chi connectivity index (χ0) is 15.9. The number of benzene rings is 1. The second-order valence-corrected chi connectivity index (χ2v) is 5.33. The Kier molecular flexibility index (Phi) is 3.44. The minimum Gasteiger partial charge on any atom is -0.329 e. The van der Waals surface area contributed by atoms with Gasteiger partial charge < -0.3 is 10.2 Å². The maximum absolute atomic E-state index is 13.5. The molecule has 6 heteroatoms. The highest BCUT2D eigenvalue weighted by atomic mass is 19.1. The molecule has 1 aromatic carbocycles. The van der Waals surface area contributed by atoms with E-state index < -0.39 is 11.9 Å². The van der Waals surface area contributed by atoms with E-state index in [-0.39, 0.29) is 11.9 Å². The van der Waals surface area contributed by atoms with Gasteiger partial charge >= 0.3 is 6.03 Å². The van der Waals surface area contributed by atoms with E-state index in [0.29, 0.717) is 29.9 Å². The molecule has 2 aliphatic heterocycles. The van der Waals surface area contributed by atoms with Crippen molar-refractivity contribution in [2.45, 2.75) is 6.04 Å². The zero-order valence-electron chi connectivity index (χ0n) is 12.2. The second kappa shape index (κ2) is 5.29. The molecule has 3 rings (SSSR count). The largest absolute Gasteiger partial charge is 0.329 e. The fourth-order valence-electron chi connectivity index (χ4n) is 2.86. The molecule has 114 valence electrons. The van der Waals surface area contributed by atoms with Gasteiger partial charge in [-0.15, -0.1) is 6.58 Å². The number of rotatable bonds is 3. The summed E-state index contributed by atoms with van der Waals surface area (Å²) >= 11 is 0. The zero-order valence-corrected chi connectivity index (χ0v) is 12.2. The Balaban J connectivity index is 2.05. The quantitative estimate of drug-likeness (QED) is 0.866. The summed E-state index contributed by atoms with van der Waals surface area (Å²) in [7, 11) is 1.62. The number of amides is 3. The third-order valence-corrected chi connectivity index (χ3v) is 3.97. The molecule has 0 fully saturated rings.